The van der Waals surface area contributed by atoms with Crippen molar-refractivity contribution in [2.45, 2.75) is 4.90 Å². The predicted octanol–water partition coefficient (Wildman–Crippen LogP) is 8.79. The summed E-state index contributed by atoms with van der Waals surface area (Å²) >= 11 is 3.51. The fourth-order valence-electron chi connectivity index (χ4n) is 4.10. The smallest absolute Gasteiger partial charge is 0.117 e. The minimum atomic E-state index is 1.02. The third-order valence-electron chi connectivity index (χ3n) is 5.58. The van der Waals surface area contributed by atoms with E-state index in [0.717, 1.165) is 15.6 Å². The molecule has 0 spiro atoms. The number of rotatable bonds is 4. The first kappa shape index (κ1) is 20.0. The van der Waals surface area contributed by atoms with Crippen LogP contribution in [0, 0.1) is 0 Å². The zero-order valence-electron chi connectivity index (χ0n) is 17.7. The molecule has 158 valence electrons. The molecule has 4 aromatic carbocycles. The van der Waals surface area contributed by atoms with Crippen molar-refractivity contribution in [3.63, 3.8) is 0 Å². The van der Waals surface area contributed by atoms with E-state index in [1.54, 1.807) is 23.1 Å². The summed E-state index contributed by atoms with van der Waals surface area (Å²) in [5, 5.41) is 10.6. The van der Waals surface area contributed by atoms with E-state index in [0.29, 0.717) is 0 Å². The van der Waals surface area contributed by atoms with Crippen molar-refractivity contribution < 1.29 is 0 Å². The second-order valence-corrected chi connectivity index (χ2v) is 9.82. The first-order chi connectivity index (χ1) is 16.4. The molecule has 0 saturated heterocycles. The Morgan fingerprint density at radius 3 is 2.18 bits per heavy atom. The summed E-state index contributed by atoms with van der Waals surface area (Å²) in [5.74, 6) is 0. The Bertz CT molecular complexity index is 1520. The van der Waals surface area contributed by atoms with E-state index in [1.165, 1.54) is 36.8 Å². The fraction of sp³-hybridized carbons (Fsp3) is 0. The Labute approximate surface area is 200 Å². The van der Waals surface area contributed by atoms with Gasteiger partial charge in [-0.3, -0.25) is 0 Å². The largest absolute Gasteiger partial charge is 0.349 e. The number of thioether (sulfide) groups is 1. The highest BCUT2D eigenvalue weighted by atomic mass is 32.2. The van der Waals surface area contributed by atoms with Gasteiger partial charge in [-0.05, 0) is 35.1 Å². The van der Waals surface area contributed by atoms with E-state index < -0.39 is 0 Å². The molecule has 0 amide bonds. The van der Waals surface area contributed by atoms with Crippen LogP contribution in [-0.4, -0.2) is 4.98 Å². The number of aromatic nitrogens is 1. The first-order valence-corrected chi connectivity index (χ1v) is 12.5. The van der Waals surface area contributed by atoms with Gasteiger partial charge in [0.2, 0.25) is 0 Å². The lowest BCUT2D eigenvalue weighted by Crippen LogP contribution is -1.86. The van der Waals surface area contributed by atoms with Crippen LogP contribution in [0.5, 0.6) is 0 Å². The molecule has 0 bridgehead atoms. The van der Waals surface area contributed by atoms with Crippen LogP contribution in [0.2, 0.25) is 0 Å². The molecule has 0 radical (unpaired) electrons. The fourth-order valence-corrected chi connectivity index (χ4v) is 6.05. The van der Waals surface area contributed by atoms with Crippen molar-refractivity contribution in [2.24, 2.45) is 0 Å². The SMILES string of the molecule is C(=CC=Cc1nc2c3ccccc3c3ccccc3c2s1)C=CC=C1Nc2ccccc2S1. The monoisotopic (exact) mass is 460 g/mol. The molecule has 1 aliphatic heterocycles. The number of nitrogens with zero attached hydrogens (tertiary/aromatic N) is 1. The van der Waals surface area contributed by atoms with Crippen LogP contribution in [0.1, 0.15) is 5.01 Å². The highest BCUT2D eigenvalue weighted by molar-refractivity contribution is 8.03. The van der Waals surface area contributed by atoms with Crippen molar-refractivity contribution in [2.75, 3.05) is 5.32 Å². The summed E-state index contributed by atoms with van der Waals surface area (Å²) in [6.07, 6.45) is 14.4. The maximum Gasteiger partial charge on any atom is 0.117 e. The quantitative estimate of drug-likeness (QED) is 0.214. The molecular weight excluding hydrogens is 440 g/mol. The summed E-state index contributed by atoms with van der Waals surface area (Å²) in [4.78, 5) is 6.23. The number of para-hydroxylation sites is 1. The molecule has 1 aromatic heterocycles. The highest BCUT2D eigenvalue weighted by Crippen LogP contribution is 2.40. The number of hydrogen-bond donors (Lipinski definition) is 1. The highest BCUT2D eigenvalue weighted by Gasteiger charge is 2.13. The number of nitrogens with one attached hydrogen (secondary N) is 1. The van der Waals surface area contributed by atoms with E-state index in [1.807, 2.05) is 18.2 Å². The van der Waals surface area contributed by atoms with Gasteiger partial charge in [-0.25, -0.2) is 4.98 Å². The van der Waals surface area contributed by atoms with Crippen LogP contribution in [0.15, 0.2) is 119 Å². The number of hydrogen-bond acceptors (Lipinski definition) is 4. The number of thiazole rings is 1. The second kappa shape index (κ2) is 8.74. The molecule has 2 heterocycles. The lowest BCUT2D eigenvalue weighted by Gasteiger charge is -2.05. The van der Waals surface area contributed by atoms with Crippen molar-refractivity contribution in [1.29, 1.82) is 0 Å². The van der Waals surface area contributed by atoms with Crippen LogP contribution >= 0.6 is 23.1 Å². The van der Waals surface area contributed by atoms with Crippen molar-refractivity contribution in [3.05, 3.63) is 119 Å². The Kier molecular flexibility index (Phi) is 5.31. The van der Waals surface area contributed by atoms with Gasteiger partial charge in [0.1, 0.15) is 5.01 Å². The summed E-state index contributed by atoms with van der Waals surface area (Å²) in [6, 6.07) is 25.5. The van der Waals surface area contributed by atoms with E-state index in [4.69, 9.17) is 4.98 Å². The van der Waals surface area contributed by atoms with Crippen molar-refractivity contribution in [3.8, 4) is 0 Å². The van der Waals surface area contributed by atoms with E-state index in [9.17, 15) is 0 Å². The van der Waals surface area contributed by atoms with E-state index in [2.05, 4.69) is 102 Å². The van der Waals surface area contributed by atoms with Crippen LogP contribution in [-0.2, 0) is 0 Å². The third kappa shape index (κ3) is 3.88. The van der Waals surface area contributed by atoms with E-state index >= 15 is 0 Å². The summed E-state index contributed by atoms with van der Waals surface area (Å²) < 4.78 is 1.25. The molecule has 4 heteroatoms. The van der Waals surface area contributed by atoms with Gasteiger partial charge in [0.05, 0.1) is 20.9 Å². The molecule has 33 heavy (non-hydrogen) atoms. The topological polar surface area (TPSA) is 24.9 Å². The lowest BCUT2D eigenvalue weighted by atomic mass is 10.0. The Hall–Kier alpha value is -3.60. The van der Waals surface area contributed by atoms with Gasteiger partial charge in [-0.1, -0.05) is 103 Å². The van der Waals surface area contributed by atoms with Gasteiger partial charge in [0.15, 0.2) is 0 Å². The van der Waals surface area contributed by atoms with Crippen LogP contribution < -0.4 is 5.32 Å². The van der Waals surface area contributed by atoms with Gasteiger partial charge >= 0.3 is 0 Å². The molecular formula is C29H20N2S2. The van der Waals surface area contributed by atoms with Crippen molar-refractivity contribution in [1.82, 2.24) is 4.98 Å². The van der Waals surface area contributed by atoms with Crippen LogP contribution in [0.3, 0.4) is 0 Å². The molecule has 0 fully saturated rings. The van der Waals surface area contributed by atoms with Gasteiger partial charge in [-0.15, -0.1) is 11.3 Å². The molecule has 1 aliphatic rings. The maximum absolute atomic E-state index is 4.96. The molecule has 0 atom stereocenters. The van der Waals surface area contributed by atoms with Gasteiger partial charge < -0.3 is 5.32 Å². The average molecular weight is 461 g/mol. The predicted molar refractivity (Wildman–Crippen MR) is 146 cm³/mol. The minimum Gasteiger partial charge on any atom is -0.349 e. The van der Waals surface area contributed by atoms with E-state index in [-0.39, 0.29) is 0 Å². The molecule has 5 aromatic rings. The van der Waals surface area contributed by atoms with Crippen LogP contribution in [0.4, 0.5) is 5.69 Å². The Morgan fingerprint density at radius 2 is 1.33 bits per heavy atom. The normalized spacial score (nSPS) is 15.1. The van der Waals surface area contributed by atoms with Crippen LogP contribution in [0.25, 0.3) is 37.8 Å². The summed E-state index contributed by atoms with van der Waals surface area (Å²) in [7, 11) is 0. The second-order valence-electron chi connectivity index (χ2n) is 7.70. The Morgan fingerprint density at radius 1 is 0.667 bits per heavy atom. The number of fused-ring (bicyclic) bond motifs is 7. The van der Waals surface area contributed by atoms with Gasteiger partial charge in [-0.2, -0.15) is 0 Å². The van der Waals surface area contributed by atoms with Gasteiger partial charge in [0.25, 0.3) is 0 Å². The number of allylic oxidation sites excluding steroid dienone is 6. The molecule has 2 nitrogen and oxygen atoms in total. The Balaban J connectivity index is 1.21. The standard InChI is InChI=1S/C29H20N2S2/c1(2-4-18-26-30-24-16-10-11-17-25(24)32-26)3-5-19-27-31-28-22-14-8-6-12-20(22)21-13-7-9-15-23(21)29(28)33-27/h1-19,30H. The lowest BCUT2D eigenvalue weighted by molar-refractivity contribution is 1.46. The zero-order valence-corrected chi connectivity index (χ0v) is 19.4. The first-order valence-electron chi connectivity index (χ1n) is 10.8. The average Bonchev–Trinajstić information content (AvgIpc) is 3.48. The maximum atomic E-state index is 4.96. The summed E-state index contributed by atoms with van der Waals surface area (Å²) in [5.41, 5.74) is 2.27. The van der Waals surface area contributed by atoms with Crippen molar-refractivity contribution >= 4 is 66.6 Å². The minimum absolute atomic E-state index is 1.02. The molecule has 6 rings (SSSR count). The third-order valence-corrected chi connectivity index (χ3v) is 7.67. The molecule has 0 unspecified atom stereocenters. The number of benzene rings is 4. The summed E-state index contributed by atoms with van der Waals surface area (Å²) in [6.45, 7) is 0. The molecule has 1 N–H and O–H groups in total. The van der Waals surface area contributed by atoms with Gasteiger partial charge in [0, 0.05) is 15.7 Å². The molecule has 0 aliphatic carbocycles. The number of anilines is 1. The molecule has 0 saturated carbocycles. The zero-order chi connectivity index (χ0) is 22.0.